The SMILES string of the molecule is C=CN1C2C3N(C=CC)C(C4N(C=C)C1C(N4C=CC)N3/C=C\C)N2C=C.CC.COC(C)C[N+](=O)[O-].N1C2NC3NC4NC3NC2NC14.O=[N+]([O-])N1C2C3N([N+](=O)[O-])C1C1N([N+](=O)[O-])C(C(N1[N+](=O)[O-])N3[N+](=O)[O-])N2[N+](=O)[O-].PI.[W]. The minimum atomic E-state index is -2.47. The molecule has 0 radical (unpaired) electrons. The molecule has 43 heteroatoms. The van der Waals surface area contributed by atoms with E-state index in [-0.39, 0.29) is 101 Å². The Labute approximate surface area is 497 Å². The van der Waals surface area contributed by atoms with E-state index in [9.17, 15) is 70.8 Å². The summed E-state index contributed by atoms with van der Waals surface area (Å²) in [6, 6.07) is 0. The van der Waals surface area contributed by atoms with Crippen LogP contribution in [0.15, 0.2) is 75.2 Å². The Morgan fingerprint density at radius 2 is 0.622 bits per heavy atom. The molecule has 0 aromatic carbocycles. The molecule has 15 aliphatic heterocycles. The number of hydrogen-bond donors (Lipinski definition) is 6. The number of allylic oxidation sites excluding steroid dienone is 3. The Balaban J connectivity index is 0.000000188. The quantitative estimate of drug-likeness (QED) is 0.0441. The van der Waals surface area contributed by atoms with Gasteiger partial charge in [0.1, 0.15) is 43.1 Å². The van der Waals surface area contributed by atoms with Gasteiger partial charge in [0.15, 0.2) is 30.2 Å². The molecule has 6 N–H and O–H groups in total. The number of hydrazine groups is 6. The van der Waals surface area contributed by atoms with E-state index in [0.29, 0.717) is 37.0 Å². The summed E-state index contributed by atoms with van der Waals surface area (Å²) in [4.78, 5) is 93.7. The summed E-state index contributed by atoms with van der Waals surface area (Å²) in [7, 11) is 1.45. The summed E-state index contributed by atoms with van der Waals surface area (Å²) < 4.78 is 4.62. The summed E-state index contributed by atoms with van der Waals surface area (Å²) in [6.07, 6.45) is 7.31. The third-order valence-electron chi connectivity index (χ3n) is 15.2. The fourth-order valence-electron chi connectivity index (χ4n) is 12.8. The van der Waals surface area contributed by atoms with Crippen molar-refractivity contribution in [2.45, 2.75) is 159 Å². The Morgan fingerprint density at radius 1 is 0.439 bits per heavy atom. The van der Waals surface area contributed by atoms with Crippen LogP contribution in [0.1, 0.15) is 41.5 Å². The predicted octanol–water partition coefficient (Wildman–Crippen LogP) is -2.13. The molecular weight excluding hydrogens is 1400 g/mol. The van der Waals surface area contributed by atoms with Crippen LogP contribution in [0.2, 0.25) is 0 Å². The zero-order valence-electron chi connectivity index (χ0n) is 45.0. The largest absolute Gasteiger partial charge is 0.375 e. The number of nitrogens with zero attached hydrogens (tertiary/aromatic N) is 19. The third kappa shape index (κ3) is 10.2. The standard InChI is InChI=1S/C21H30N6.C6H6N12O12.C6H12N6.C4H9NO3.C2H6.H2IP.W/c1-7-13-25-18-19-24(12-6)17-21(26(19)14-8-2)27(15-9-3)20(25)16(22(17)10-4)23(18)11-5;19-13(20)7-1-2-8(14(21)22)5(7)6-9(15(23)24)3(11(1)17(27)28)4(10(6)16(25)26)12(2)18(29)30;7-1-2-8-5(7)6-9-3(11-1)4(10-6)12-2;1-4(8-2)3-5(6)7;2*1-2;/h7-21H,4-6H2,1-3H3;1-6H;1-12H;4H,3H2,1-2H3;1-2H3;2H2;/b13-7?,14-8?,15-9-;;;;;;. The van der Waals surface area contributed by atoms with E-state index >= 15 is 0 Å². The van der Waals surface area contributed by atoms with Gasteiger partial charge in [0.2, 0.25) is 6.54 Å². The average Bonchev–Trinajstić information content (AvgIpc) is 1.54. The first-order valence-electron chi connectivity index (χ1n) is 25.1. The van der Waals surface area contributed by atoms with E-state index in [1.165, 1.54) is 7.11 Å². The Kier molecular flexibility index (Phi) is 20.4. The second-order valence-corrected chi connectivity index (χ2v) is 18.8. The first-order valence-corrected chi connectivity index (χ1v) is 29.3. The van der Waals surface area contributed by atoms with E-state index in [1.807, 2.05) is 32.4 Å². The molecule has 0 amide bonds. The zero-order chi connectivity index (χ0) is 60.0. The van der Waals surface area contributed by atoms with Gasteiger partial charge in [-0.3, -0.25) is 42.0 Å². The molecule has 8 unspecified atom stereocenters. The molecule has 15 fully saturated rings. The maximum Gasteiger partial charge on any atom is 0.272 e. The number of piperazine rings is 3. The second-order valence-electron chi connectivity index (χ2n) is 18.8. The summed E-state index contributed by atoms with van der Waals surface area (Å²) in [5, 5.41) is 91.0. The number of nitro groups is 7. The van der Waals surface area contributed by atoms with Crippen molar-refractivity contribution in [3.63, 3.8) is 0 Å². The zero-order valence-corrected chi connectivity index (χ0v) is 51.2. The smallest absolute Gasteiger partial charge is 0.272 e. The molecule has 15 heterocycles. The fourth-order valence-corrected chi connectivity index (χ4v) is 12.8. The summed E-state index contributed by atoms with van der Waals surface area (Å²) in [5.74, 6) is 0. The van der Waals surface area contributed by atoms with Gasteiger partial charge >= 0.3 is 0 Å². The number of hydrogen-bond acceptors (Lipinski definition) is 27. The van der Waals surface area contributed by atoms with Crippen LogP contribution in [0.4, 0.5) is 0 Å². The summed E-state index contributed by atoms with van der Waals surface area (Å²) in [5.41, 5.74) is 0. The van der Waals surface area contributed by atoms with E-state index in [0.717, 1.165) is 0 Å². The van der Waals surface area contributed by atoms with Gasteiger partial charge in [-0.1, -0.05) is 111 Å². The van der Waals surface area contributed by atoms with Crippen LogP contribution in [0.5, 0.6) is 0 Å². The van der Waals surface area contributed by atoms with Crippen LogP contribution in [0.25, 0.3) is 0 Å². The molecule has 40 nitrogen and oxygen atoms in total. The van der Waals surface area contributed by atoms with Gasteiger partial charge in [-0.15, -0.1) is 0 Å². The van der Waals surface area contributed by atoms with Crippen LogP contribution in [0.3, 0.4) is 0 Å². The second kappa shape index (κ2) is 25.9. The molecule has 18 bridgehead atoms. The van der Waals surface area contributed by atoms with Gasteiger partial charge < -0.3 is 34.1 Å². The molecule has 8 atom stereocenters. The van der Waals surface area contributed by atoms with E-state index in [4.69, 9.17) is 0 Å². The third-order valence-corrected chi connectivity index (χ3v) is 15.2. The average molecular weight is 1470 g/mol. The van der Waals surface area contributed by atoms with E-state index in [1.54, 1.807) is 6.92 Å². The van der Waals surface area contributed by atoms with Crippen LogP contribution < -0.4 is 31.9 Å². The molecule has 82 heavy (non-hydrogen) atoms. The van der Waals surface area contributed by atoms with Crippen LogP contribution in [-0.2, 0) is 25.8 Å². The van der Waals surface area contributed by atoms with Gasteiger partial charge in [-0.05, 0) is 64.9 Å². The van der Waals surface area contributed by atoms with Crippen molar-refractivity contribution in [3.8, 4) is 0 Å². The van der Waals surface area contributed by atoms with Crippen LogP contribution >= 0.6 is 28.9 Å². The van der Waals surface area contributed by atoms with Crippen molar-refractivity contribution in [1.29, 1.82) is 0 Å². The van der Waals surface area contributed by atoms with Crippen LogP contribution in [-0.4, -0.2) is 225 Å². The number of rotatable bonds is 15. The van der Waals surface area contributed by atoms with Crippen molar-refractivity contribution in [1.82, 2.24) is 91.4 Å². The van der Waals surface area contributed by atoms with Gasteiger partial charge in [0.25, 0.3) is 37.0 Å². The van der Waals surface area contributed by atoms with Crippen molar-refractivity contribution in [2.24, 2.45) is 0 Å². The van der Waals surface area contributed by atoms with E-state index < -0.39 is 72.1 Å². The Hall–Kier alpha value is -6.59. The number of ether oxygens (including phenoxy) is 1. The molecule has 15 aliphatic rings. The van der Waals surface area contributed by atoms with Crippen molar-refractivity contribution >= 4 is 28.9 Å². The van der Waals surface area contributed by atoms with Crippen molar-refractivity contribution in [3.05, 3.63) is 146 Å². The summed E-state index contributed by atoms with van der Waals surface area (Å²) in [6.45, 7) is 26.6. The minimum Gasteiger partial charge on any atom is -0.375 e. The van der Waals surface area contributed by atoms with Crippen LogP contribution in [0, 0.1) is 70.8 Å². The number of methoxy groups -OCH3 is 1. The van der Waals surface area contributed by atoms with Gasteiger partial charge in [0.05, 0.1) is 37.0 Å². The molecule has 0 saturated carbocycles. The Morgan fingerprint density at radius 3 is 0.756 bits per heavy atom. The topological polar surface area (TPSA) is 422 Å². The minimum absolute atomic E-state index is 0. The molecule has 0 aromatic heterocycles. The monoisotopic (exact) mass is 1470 g/mol. The van der Waals surface area contributed by atoms with Gasteiger partial charge in [-0.2, -0.15) is 0 Å². The summed E-state index contributed by atoms with van der Waals surface area (Å²) >= 11 is 2.07. The molecule has 454 valence electrons. The Bertz CT molecular complexity index is 2340. The van der Waals surface area contributed by atoms with Crippen molar-refractivity contribution < 1.29 is 60.9 Å². The molecule has 15 rings (SSSR count). The first-order chi connectivity index (χ1) is 38.7. The van der Waals surface area contributed by atoms with Crippen molar-refractivity contribution in [2.75, 3.05) is 13.7 Å². The molecule has 15 saturated heterocycles. The van der Waals surface area contributed by atoms with E-state index in [2.05, 4.69) is 172 Å². The molecular formula is C39H65IN25O15PW. The predicted molar refractivity (Wildman–Crippen MR) is 289 cm³/mol. The number of nitrogens with one attached hydrogen (secondary N) is 6. The normalized spacial score (nSPS) is 35.4. The van der Waals surface area contributed by atoms with Gasteiger partial charge in [0, 0.05) is 33.1 Å². The maximum atomic E-state index is 11.7. The molecule has 0 aliphatic carbocycles. The molecule has 0 aromatic rings. The first kappa shape index (κ1) is 64.6. The maximum absolute atomic E-state index is 11.7. The van der Waals surface area contributed by atoms with Gasteiger partial charge in [-0.25, -0.2) is 60.7 Å². The fraction of sp³-hybridized carbons (Fsp3) is 0.692. The number of halogens is 1. The molecule has 0 spiro atoms.